The van der Waals surface area contributed by atoms with Gasteiger partial charge in [0.25, 0.3) is 0 Å². The van der Waals surface area contributed by atoms with Crippen molar-refractivity contribution in [3.05, 3.63) is 218 Å². The lowest BCUT2D eigenvalue weighted by atomic mass is 9.88. The average molecular weight is 881 g/mol. The molecule has 0 bridgehead atoms. The van der Waals surface area contributed by atoms with Crippen LogP contribution in [-0.2, 0) is 0 Å². The van der Waals surface area contributed by atoms with Gasteiger partial charge in [-0.05, 0) is 52.4 Å². The Hall–Kier alpha value is -9.32. The van der Waals surface area contributed by atoms with Gasteiger partial charge in [0.15, 0.2) is 16.7 Å². The average Bonchev–Trinajstić information content (AvgIpc) is 4.10. The zero-order valence-electron chi connectivity index (χ0n) is 36.9. The number of fused-ring (bicyclic) bond motifs is 12. The first-order valence-corrected chi connectivity index (χ1v) is 23.5. The minimum absolute atomic E-state index is 0.806. The predicted octanol–water partition coefficient (Wildman–Crippen LogP) is 18.4. The van der Waals surface area contributed by atoms with Crippen molar-refractivity contribution in [2.24, 2.45) is 0 Å². The summed E-state index contributed by atoms with van der Waals surface area (Å²) in [6.45, 7) is 0. The van der Waals surface area contributed by atoms with Gasteiger partial charge in [-0.1, -0.05) is 188 Å². The van der Waals surface area contributed by atoms with E-state index in [0.717, 1.165) is 155 Å². The van der Waals surface area contributed by atoms with E-state index < -0.39 is 0 Å². The summed E-state index contributed by atoms with van der Waals surface area (Å²) >= 11 is 0. The minimum atomic E-state index is 0.806. The number of nitrogens with zero attached hydrogens (tertiary/aromatic N) is 2. The van der Waals surface area contributed by atoms with Crippen molar-refractivity contribution in [1.29, 1.82) is 0 Å². The normalized spacial score (nSPS) is 12.6. The largest absolute Gasteiger partial charge is 0.454 e. The molecule has 0 saturated carbocycles. The topological polar surface area (TPSA) is 47.6 Å². The fraction of sp³-hybridized carbons (Fsp3) is 0. The minimum Gasteiger partial charge on any atom is -0.454 e. The highest BCUT2D eigenvalue weighted by Gasteiger charge is 2.35. The molecule has 0 saturated heterocycles. The molecular weight excluding hydrogens is 845 g/mol. The number of hydrogen-bond acceptors (Lipinski definition) is 4. The van der Waals surface area contributed by atoms with Crippen LogP contribution in [0.3, 0.4) is 0 Å². The Labute approximate surface area is 393 Å². The number of hydrogen-bond donors (Lipinski definition) is 0. The molecule has 1 aliphatic heterocycles. The summed E-state index contributed by atoms with van der Waals surface area (Å²) < 4.78 is 24.3. The number of para-hydroxylation sites is 6. The van der Waals surface area contributed by atoms with E-state index in [9.17, 15) is 0 Å². The van der Waals surface area contributed by atoms with E-state index in [1.807, 2.05) is 0 Å². The van der Waals surface area contributed by atoms with Gasteiger partial charge < -0.3 is 22.7 Å². The van der Waals surface area contributed by atoms with E-state index in [1.165, 1.54) is 0 Å². The monoisotopic (exact) mass is 880 g/mol. The van der Waals surface area contributed by atoms with Crippen molar-refractivity contribution in [1.82, 2.24) is 4.57 Å². The molecule has 0 spiro atoms. The number of rotatable bonds is 4. The molecule has 15 aromatic rings. The molecular formula is C64H36N2O3. The second kappa shape index (κ2) is 13.6. The Morgan fingerprint density at radius 3 is 1.48 bits per heavy atom. The van der Waals surface area contributed by atoms with Crippen LogP contribution in [0.4, 0.5) is 17.1 Å². The van der Waals surface area contributed by atoms with Crippen LogP contribution in [0.5, 0.6) is 0 Å². The lowest BCUT2D eigenvalue weighted by Gasteiger charge is -2.33. The van der Waals surface area contributed by atoms with Crippen LogP contribution in [0.25, 0.3) is 137 Å². The SMILES string of the molecule is c1ccc(-c2cccc3c2oc2c(N4c5ccccc5-c5cccc6c5c4c4oc5cccc7c8ccccc8n(-c8cccc9c8oc8c(-c%10ccccc%10)cccc89)c6c4c57)cccc23)cc1. The Bertz CT molecular complexity index is 4670. The Morgan fingerprint density at radius 2 is 0.768 bits per heavy atom. The second-order valence-corrected chi connectivity index (χ2v) is 18.2. The Morgan fingerprint density at radius 1 is 0.275 bits per heavy atom. The molecule has 5 nitrogen and oxygen atoms in total. The number of benzene rings is 11. The van der Waals surface area contributed by atoms with Gasteiger partial charge in [0, 0.05) is 59.8 Å². The number of anilines is 3. The second-order valence-electron chi connectivity index (χ2n) is 18.2. The van der Waals surface area contributed by atoms with Crippen LogP contribution >= 0.6 is 0 Å². The van der Waals surface area contributed by atoms with E-state index in [0.29, 0.717) is 0 Å². The summed E-state index contributed by atoms with van der Waals surface area (Å²) in [5, 5.41) is 10.8. The zero-order chi connectivity index (χ0) is 44.9. The van der Waals surface area contributed by atoms with Crippen molar-refractivity contribution in [3.63, 3.8) is 0 Å². The molecule has 69 heavy (non-hydrogen) atoms. The fourth-order valence-corrected chi connectivity index (χ4v) is 11.9. The third-order valence-corrected chi connectivity index (χ3v) is 14.7. The molecule has 0 N–H and O–H groups in total. The Balaban J connectivity index is 1.09. The lowest BCUT2D eigenvalue weighted by molar-refractivity contribution is 0.666. The summed E-state index contributed by atoms with van der Waals surface area (Å²) in [7, 11) is 0. The van der Waals surface area contributed by atoms with E-state index >= 15 is 0 Å². The molecule has 0 fully saturated rings. The van der Waals surface area contributed by atoms with Gasteiger partial charge in [-0.2, -0.15) is 0 Å². The quantitative estimate of drug-likeness (QED) is 0.177. The summed E-state index contributed by atoms with van der Waals surface area (Å²) in [4.78, 5) is 2.41. The van der Waals surface area contributed by atoms with Crippen LogP contribution in [0.1, 0.15) is 0 Å². The third kappa shape index (κ3) is 4.87. The number of aromatic nitrogens is 1. The molecule has 0 unspecified atom stereocenters. The molecule has 0 aliphatic carbocycles. The summed E-state index contributed by atoms with van der Waals surface area (Å²) in [5.74, 6) is 0. The van der Waals surface area contributed by atoms with E-state index in [4.69, 9.17) is 13.3 Å². The fourth-order valence-electron chi connectivity index (χ4n) is 11.9. The van der Waals surface area contributed by atoms with Crippen LogP contribution < -0.4 is 4.90 Å². The van der Waals surface area contributed by atoms with Crippen LogP contribution in [-0.4, -0.2) is 4.57 Å². The van der Waals surface area contributed by atoms with Gasteiger partial charge in [-0.25, -0.2) is 0 Å². The standard InChI is InChI=1S/C64H36N2O3/c1-3-17-37(18-4-1)39-23-11-27-45-47-29-14-34-52(62(47)68-60(39)45)65-50-32-9-8-22-42(50)44-26-16-36-54-56(44)57-58(65)49-31-13-25-43-41-21-7-10-33-51(41)66(59(55(43)49)64(57)67-54)53-35-15-30-48-46-28-12-24-40(61(46)69-63(48)53)38-19-5-2-6-20-38/h1-36H. The van der Waals surface area contributed by atoms with Crippen molar-refractivity contribution in [2.75, 3.05) is 4.90 Å². The maximum atomic E-state index is 7.42. The third-order valence-electron chi connectivity index (χ3n) is 14.7. The molecule has 4 aromatic heterocycles. The highest BCUT2D eigenvalue weighted by Crippen LogP contribution is 2.58. The van der Waals surface area contributed by atoms with Crippen molar-refractivity contribution in [2.45, 2.75) is 0 Å². The van der Waals surface area contributed by atoms with Gasteiger partial charge in [0.2, 0.25) is 0 Å². The Kier molecular flexibility index (Phi) is 7.28. The van der Waals surface area contributed by atoms with Gasteiger partial charge in [0.1, 0.15) is 16.7 Å². The highest BCUT2D eigenvalue weighted by atomic mass is 16.3. The molecule has 1 aliphatic rings. The van der Waals surface area contributed by atoms with Crippen molar-refractivity contribution in [3.8, 4) is 39.1 Å². The van der Waals surface area contributed by atoms with E-state index in [1.54, 1.807) is 0 Å². The first-order chi connectivity index (χ1) is 34.3. The van der Waals surface area contributed by atoms with E-state index in [-0.39, 0.29) is 0 Å². The number of furan rings is 3. The summed E-state index contributed by atoms with van der Waals surface area (Å²) in [6, 6.07) is 77.9. The maximum absolute atomic E-state index is 7.42. The molecule has 16 rings (SSSR count). The molecule has 0 amide bonds. The first kappa shape index (κ1) is 36.8. The van der Waals surface area contributed by atoms with Crippen LogP contribution in [0.2, 0.25) is 0 Å². The molecule has 5 heterocycles. The highest BCUT2D eigenvalue weighted by molar-refractivity contribution is 6.37. The molecule has 11 aromatic carbocycles. The van der Waals surface area contributed by atoms with Gasteiger partial charge >= 0.3 is 0 Å². The van der Waals surface area contributed by atoms with Gasteiger partial charge in [0.05, 0.1) is 39.2 Å². The van der Waals surface area contributed by atoms with Crippen LogP contribution in [0.15, 0.2) is 232 Å². The maximum Gasteiger partial charge on any atom is 0.162 e. The van der Waals surface area contributed by atoms with Crippen LogP contribution in [0, 0.1) is 0 Å². The summed E-state index contributed by atoms with van der Waals surface area (Å²) in [5.41, 5.74) is 17.7. The van der Waals surface area contributed by atoms with Crippen molar-refractivity contribution >= 4 is 115 Å². The molecule has 0 radical (unpaired) electrons. The smallest absolute Gasteiger partial charge is 0.162 e. The van der Waals surface area contributed by atoms with E-state index in [2.05, 4.69) is 228 Å². The molecule has 0 atom stereocenters. The summed E-state index contributed by atoms with van der Waals surface area (Å²) in [6.07, 6.45) is 0. The molecule has 5 heteroatoms. The van der Waals surface area contributed by atoms with Gasteiger partial charge in [-0.15, -0.1) is 0 Å². The predicted molar refractivity (Wildman–Crippen MR) is 285 cm³/mol. The van der Waals surface area contributed by atoms with Crippen molar-refractivity contribution < 1.29 is 13.3 Å². The molecule has 320 valence electrons. The zero-order valence-corrected chi connectivity index (χ0v) is 36.9. The first-order valence-electron chi connectivity index (χ1n) is 23.5. The van der Waals surface area contributed by atoms with Gasteiger partial charge in [-0.3, -0.25) is 0 Å². The lowest BCUT2D eigenvalue weighted by Crippen LogP contribution is -2.16.